The van der Waals surface area contributed by atoms with Crippen LogP contribution < -0.4 is 10.5 Å². The Bertz CT molecular complexity index is 917. The van der Waals surface area contributed by atoms with Crippen molar-refractivity contribution >= 4 is 43.0 Å². The summed E-state index contributed by atoms with van der Waals surface area (Å²) in [5.74, 6) is 0. The number of aromatic nitrogens is 1. The second-order valence-electron chi connectivity index (χ2n) is 4.58. The molecular weight excluding hydrogens is 306 g/mol. The molecule has 0 aliphatic heterocycles. The number of hydrogen-bond acceptors (Lipinski definition) is 5. The molecule has 3 aromatic rings. The maximum Gasteiger partial charge on any atom is 0.264 e. The van der Waals surface area contributed by atoms with Gasteiger partial charge in [-0.1, -0.05) is 24.3 Å². The number of sulfonamides is 1. The number of fused-ring (bicyclic) bond motifs is 1. The molecule has 2 aromatic carbocycles. The predicted molar refractivity (Wildman–Crippen MR) is 86.0 cm³/mol. The fraction of sp³-hybridized carbons (Fsp3) is 0.0714. The Morgan fingerprint density at radius 2 is 1.86 bits per heavy atom. The summed E-state index contributed by atoms with van der Waals surface area (Å²) in [6.45, 7) is 1.87. The Hall–Kier alpha value is -2.12. The SMILES string of the molecule is Cc1cnc(NS(=O)(=O)c2ccc(N)c3ccccc23)s1. The molecule has 0 atom stereocenters. The van der Waals surface area contributed by atoms with Crippen LogP contribution in [-0.4, -0.2) is 13.4 Å². The minimum absolute atomic E-state index is 0.195. The van der Waals surface area contributed by atoms with E-state index in [0.717, 1.165) is 10.3 Å². The third kappa shape index (κ3) is 2.57. The van der Waals surface area contributed by atoms with Gasteiger partial charge in [-0.2, -0.15) is 0 Å². The number of nitrogens with one attached hydrogen (secondary N) is 1. The summed E-state index contributed by atoms with van der Waals surface area (Å²) in [4.78, 5) is 5.16. The maximum atomic E-state index is 12.6. The lowest BCUT2D eigenvalue weighted by Gasteiger charge is -2.10. The fourth-order valence-corrected chi connectivity index (χ4v) is 4.22. The van der Waals surface area contributed by atoms with Gasteiger partial charge in [0.05, 0.1) is 4.90 Å². The van der Waals surface area contributed by atoms with Gasteiger partial charge in [-0.25, -0.2) is 13.4 Å². The molecule has 108 valence electrons. The van der Waals surface area contributed by atoms with E-state index in [1.807, 2.05) is 13.0 Å². The van der Waals surface area contributed by atoms with E-state index in [9.17, 15) is 8.42 Å². The van der Waals surface area contributed by atoms with Gasteiger partial charge < -0.3 is 5.73 Å². The van der Waals surface area contributed by atoms with E-state index in [4.69, 9.17) is 5.73 Å². The molecular formula is C14H13N3O2S2. The van der Waals surface area contributed by atoms with Crippen molar-refractivity contribution in [2.45, 2.75) is 11.8 Å². The molecule has 0 saturated heterocycles. The van der Waals surface area contributed by atoms with Crippen LogP contribution in [0.4, 0.5) is 10.8 Å². The van der Waals surface area contributed by atoms with Crippen LogP contribution >= 0.6 is 11.3 Å². The Morgan fingerprint density at radius 3 is 2.52 bits per heavy atom. The molecule has 0 spiro atoms. The summed E-state index contributed by atoms with van der Waals surface area (Å²) in [6.07, 6.45) is 1.63. The van der Waals surface area contributed by atoms with E-state index in [-0.39, 0.29) is 4.90 Å². The average molecular weight is 319 g/mol. The van der Waals surface area contributed by atoms with Crippen LogP contribution in [0.15, 0.2) is 47.5 Å². The molecule has 0 aliphatic carbocycles. The highest BCUT2D eigenvalue weighted by molar-refractivity contribution is 7.93. The van der Waals surface area contributed by atoms with E-state index in [0.29, 0.717) is 16.2 Å². The van der Waals surface area contributed by atoms with E-state index in [1.165, 1.54) is 17.4 Å². The number of hydrogen-bond donors (Lipinski definition) is 2. The average Bonchev–Trinajstić information content (AvgIpc) is 2.83. The number of anilines is 2. The third-order valence-electron chi connectivity index (χ3n) is 3.05. The smallest absolute Gasteiger partial charge is 0.264 e. The first-order chi connectivity index (χ1) is 9.97. The van der Waals surface area contributed by atoms with Gasteiger partial charge in [-0.3, -0.25) is 4.72 Å². The summed E-state index contributed by atoms with van der Waals surface area (Å²) < 4.78 is 27.6. The fourth-order valence-electron chi connectivity index (χ4n) is 2.10. The van der Waals surface area contributed by atoms with Crippen molar-refractivity contribution in [2.75, 3.05) is 10.5 Å². The van der Waals surface area contributed by atoms with Crippen molar-refractivity contribution in [3.63, 3.8) is 0 Å². The monoisotopic (exact) mass is 319 g/mol. The molecule has 0 unspecified atom stereocenters. The number of thiazole rings is 1. The van der Waals surface area contributed by atoms with Gasteiger partial charge in [0, 0.05) is 27.5 Å². The standard InChI is InChI=1S/C14H13N3O2S2/c1-9-8-16-14(20-9)17-21(18,19)13-7-6-12(15)10-4-2-3-5-11(10)13/h2-8H,15H2,1H3,(H,16,17). The van der Waals surface area contributed by atoms with E-state index in [2.05, 4.69) is 9.71 Å². The van der Waals surface area contributed by atoms with Gasteiger partial charge in [-0.05, 0) is 19.1 Å². The number of nitrogen functional groups attached to an aromatic ring is 1. The first kappa shape index (κ1) is 13.8. The second kappa shape index (κ2) is 5.01. The molecule has 5 nitrogen and oxygen atoms in total. The maximum absolute atomic E-state index is 12.6. The normalized spacial score (nSPS) is 11.7. The lowest BCUT2D eigenvalue weighted by atomic mass is 10.1. The van der Waals surface area contributed by atoms with E-state index >= 15 is 0 Å². The van der Waals surface area contributed by atoms with Crippen LogP contribution in [0.2, 0.25) is 0 Å². The number of nitrogens with two attached hydrogens (primary N) is 1. The number of benzene rings is 2. The van der Waals surface area contributed by atoms with Crippen LogP contribution in [0.25, 0.3) is 10.8 Å². The summed E-state index contributed by atoms with van der Waals surface area (Å²) in [7, 11) is -3.70. The minimum atomic E-state index is -3.70. The van der Waals surface area contributed by atoms with Crippen molar-refractivity contribution < 1.29 is 8.42 Å². The van der Waals surface area contributed by atoms with Gasteiger partial charge in [-0.15, -0.1) is 11.3 Å². The molecule has 0 saturated carbocycles. The minimum Gasteiger partial charge on any atom is -0.398 e. The number of aryl methyl sites for hydroxylation is 1. The molecule has 7 heteroatoms. The predicted octanol–water partition coefficient (Wildman–Crippen LogP) is 2.99. The first-order valence-electron chi connectivity index (χ1n) is 6.20. The molecule has 21 heavy (non-hydrogen) atoms. The zero-order valence-electron chi connectivity index (χ0n) is 11.2. The lowest BCUT2D eigenvalue weighted by Crippen LogP contribution is -2.13. The van der Waals surface area contributed by atoms with Crippen molar-refractivity contribution in [1.29, 1.82) is 0 Å². The van der Waals surface area contributed by atoms with Crippen molar-refractivity contribution in [3.05, 3.63) is 47.5 Å². The van der Waals surface area contributed by atoms with Gasteiger partial charge in [0.1, 0.15) is 0 Å². The molecule has 0 fully saturated rings. The lowest BCUT2D eigenvalue weighted by molar-refractivity contribution is 0.602. The van der Waals surface area contributed by atoms with Crippen LogP contribution in [-0.2, 0) is 10.0 Å². The summed E-state index contributed by atoms with van der Waals surface area (Å²) in [5.41, 5.74) is 6.45. The molecule has 0 amide bonds. The van der Waals surface area contributed by atoms with E-state index < -0.39 is 10.0 Å². The van der Waals surface area contributed by atoms with Gasteiger partial charge in [0.2, 0.25) is 0 Å². The number of rotatable bonds is 3. The topological polar surface area (TPSA) is 85.1 Å². The molecule has 3 rings (SSSR count). The molecule has 1 aromatic heterocycles. The molecule has 1 heterocycles. The quantitative estimate of drug-likeness (QED) is 0.727. The summed E-state index contributed by atoms with van der Waals surface area (Å²) in [5, 5.41) is 1.67. The number of nitrogens with zero attached hydrogens (tertiary/aromatic N) is 1. The Balaban J connectivity index is 2.13. The van der Waals surface area contributed by atoms with E-state index in [1.54, 1.807) is 30.5 Å². The van der Waals surface area contributed by atoms with Crippen molar-refractivity contribution in [3.8, 4) is 0 Å². The molecule has 0 aliphatic rings. The zero-order chi connectivity index (χ0) is 15.0. The highest BCUT2D eigenvalue weighted by Gasteiger charge is 2.19. The Labute approximate surface area is 126 Å². The second-order valence-corrected chi connectivity index (χ2v) is 7.47. The van der Waals surface area contributed by atoms with Crippen molar-refractivity contribution in [1.82, 2.24) is 4.98 Å². The zero-order valence-corrected chi connectivity index (χ0v) is 12.8. The highest BCUT2D eigenvalue weighted by Crippen LogP contribution is 2.29. The molecule has 0 radical (unpaired) electrons. The molecule has 0 bridgehead atoms. The first-order valence-corrected chi connectivity index (χ1v) is 8.50. The van der Waals surface area contributed by atoms with Crippen LogP contribution in [0.1, 0.15) is 4.88 Å². The van der Waals surface area contributed by atoms with Crippen LogP contribution in [0.5, 0.6) is 0 Å². The summed E-state index contributed by atoms with van der Waals surface area (Å²) in [6, 6.07) is 10.3. The molecule has 3 N–H and O–H groups in total. The Kier molecular flexibility index (Phi) is 3.30. The Morgan fingerprint density at radius 1 is 1.14 bits per heavy atom. The summed E-state index contributed by atoms with van der Waals surface area (Å²) >= 11 is 1.29. The van der Waals surface area contributed by atoms with Gasteiger partial charge in [0.15, 0.2) is 5.13 Å². The van der Waals surface area contributed by atoms with Crippen LogP contribution in [0, 0.1) is 6.92 Å². The largest absolute Gasteiger partial charge is 0.398 e. The van der Waals surface area contributed by atoms with Crippen molar-refractivity contribution in [2.24, 2.45) is 0 Å². The van der Waals surface area contributed by atoms with Gasteiger partial charge >= 0.3 is 0 Å². The highest BCUT2D eigenvalue weighted by atomic mass is 32.2. The van der Waals surface area contributed by atoms with Gasteiger partial charge in [0.25, 0.3) is 10.0 Å². The third-order valence-corrected chi connectivity index (χ3v) is 5.40. The van der Waals surface area contributed by atoms with Crippen LogP contribution in [0.3, 0.4) is 0 Å².